The molecule has 142 valence electrons. The Hall–Kier alpha value is -1.30. The fraction of sp³-hybridized carbons (Fsp3) is 0.895. The number of carbonyl (C=O) groups excluding carboxylic acids is 2. The van der Waals surface area contributed by atoms with E-state index in [-0.39, 0.29) is 22.9 Å². The van der Waals surface area contributed by atoms with Gasteiger partial charge in [-0.15, -0.1) is 0 Å². The molecular formula is C19H32N2O4. The molecule has 6 heteroatoms. The molecule has 0 bridgehead atoms. The molecular weight excluding hydrogens is 320 g/mol. The van der Waals surface area contributed by atoms with Crippen LogP contribution in [-0.4, -0.2) is 55.3 Å². The predicted octanol–water partition coefficient (Wildman–Crippen LogP) is 2.57. The van der Waals surface area contributed by atoms with E-state index >= 15 is 0 Å². The summed E-state index contributed by atoms with van der Waals surface area (Å²) in [5.41, 5.74) is -0.674. The first-order chi connectivity index (χ1) is 11.7. The lowest BCUT2D eigenvalue weighted by Crippen LogP contribution is -2.48. The summed E-state index contributed by atoms with van der Waals surface area (Å²) in [6.45, 7) is 11.0. The topological polar surface area (TPSA) is 67.9 Å². The van der Waals surface area contributed by atoms with E-state index in [2.05, 4.69) is 5.32 Å². The number of rotatable bonds is 2. The van der Waals surface area contributed by atoms with Crippen LogP contribution in [0.5, 0.6) is 0 Å². The Morgan fingerprint density at radius 1 is 1.16 bits per heavy atom. The summed E-state index contributed by atoms with van der Waals surface area (Å²) in [5, 5.41) is 3.43. The summed E-state index contributed by atoms with van der Waals surface area (Å²) < 4.78 is 10.9. The molecule has 1 amide bonds. The van der Waals surface area contributed by atoms with Crippen molar-refractivity contribution >= 4 is 12.1 Å². The highest BCUT2D eigenvalue weighted by Gasteiger charge is 2.63. The van der Waals surface area contributed by atoms with Gasteiger partial charge in [-0.05, 0) is 71.3 Å². The van der Waals surface area contributed by atoms with Crippen molar-refractivity contribution in [1.82, 2.24) is 10.2 Å². The van der Waals surface area contributed by atoms with Crippen molar-refractivity contribution in [2.75, 3.05) is 32.8 Å². The minimum atomic E-state index is -0.464. The van der Waals surface area contributed by atoms with E-state index in [1.807, 2.05) is 32.6 Å². The molecule has 2 aliphatic heterocycles. The number of amides is 1. The normalized spacial score (nSPS) is 31.0. The zero-order valence-corrected chi connectivity index (χ0v) is 16.0. The molecule has 3 rings (SSSR count). The average molecular weight is 352 g/mol. The summed E-state index contributed by atoms with van der Waals surface area (Å²) in [6.07, 6.45) is 3.62. The maximum atomic E-state index is 12.7. The van der Waals surface area contributed by atoms with E-state index in [9.17, 15) is 9.59 Å². The second-order valence-electron chi connectivity index (χ2n) is 8.89. The fourth-order valence-corrected chi connectivity index (χ4v) is 5.12. The molecule has 0 aromatic rings. The van der Waals surface area contributed by atoms with Gasteiger partial charge in [-0.2, -0.15) is 0 Å². The highest BCUT2D eigenvalue weighted by atomic mass is 16.6. The molecule has 0 unspecified atom stereocenters. The molecule has 1 spiro atoms. The van der Waals surface area contributed by atoms with E-state index in [1.54, 1.807) is 0 Å². The highest BCUT2D eigenvalue weighted by Crippen LogP contribution is 2.60. The number of likely N-dealkylation sites (tertiary alicyclic amines) is 1. The molecule has 2 heterocycles. The highest BCUT2D eigenvalue weighted by molar-refractivity contribution is 5.79. The molecule has 1 aliphatic carbocycles. The Morgan fingerprint density at radius 3 is 2.44 bits per heavy atom. The molecule has 2 atom stereocenters. The Balaban J connectivity index is 1.67. The number of carbonyl (C=O) groups is 2. The summed E-state index contributed by atoms with van der Waals surface area (Å²) >= 11 is 0. The minimum absolute atomic E-state index is 0.0311. The third-order valence-electron chi connectivity index (χ3n) is 6.36. The molecule has 3 fully saturated rings. The van der Waals surface area contributed by atoms with Crippen LogP contribution in [0.2, 0.25) is 0 Å². The first kappa shape index (κ1) is 18.5. The zero-order valence-electron chi connectivity index (χ0n) is 16.0. The van der Waals surface area contributed by atoms with Crippen molar-refractivity contribution in [2.24, 2.45) is 16.7 Å². The zero-order chi connectivity index (χ0) is 18.3. The number of hydrogen-bond donors (Lipinski definition) is 1. The standard InChI is InChI=1S/C19H32N2O4/c1-5-24-15(22)19-7-6-18(14(19)12-20-13-19)8-10-21(11-9-18)16(23)25-17(2,3)4/h14,20H,5-13H2,1-4H3/t14-,19+/m0/s1. The molecule has 0 aromatic heterocycles. The molecule has 0 radical (unpaired) electrons. The summed E-state index contributed by atoms with van der Waals surface area (Å²) in [4.78, 5) is 26.8. The molecule has 0 aromatic carbocycles. The van der Waals surface area contributed by atoms with Crippen molar-refractivity contribution in [3.8, 4) is 0 Å². The average Bonchev–Trinajstić information content (AvgIpc) is 3.08. The number of fused-ring (bicyclic) bond motifs is 2. The fourth-order valence-electron chi connectivity index (χ4n) is 5.12. The molecule has 1 N–H and O–H groups in total. The van der Waals surface area contributed by atoms with Crippen LogP contribution in [0, 0.1) is 16.7 Å². The van der Waals surface area contributed by atoms with Gasteiger partial charge in [0.25, 0.3) is 0 Å². The van der Waals surface area contributed by atoms with Gasteiger partial charge in [0.05, 0.1) is 12.0 Å². The largest absolute Gasteiger partial charge is 0.466 e. The van der Waals surface area contributed by atoms with Crippen LogP contribution in [0.4, 0.5) is 4.79 Å². The number of piperidine rings is 1. The lowest BCUT2D eigenvalue weighted by Gasteiger charge is -2.44. The van der Waals surface area contributed by atoms with Gasteiger partial charge < -0.3 is 19.7 Å². The van der Waals surface area contributed by atoms with Crippen molar-refractivity contribution in [2.45, 2.75) is 59.0 Å². The van der Waals surface area contributed by atoms with Crippen molar-refractivity contribution in [3.63, 3.8) is 0 Å². The van der Waals surface area contributed by atoms with Crippen molar-refractivity contribution < 1.29 is 19.1 Å². The van der Waals surface area contributed by atoms with Gasteiger partial charge in [-0.3, -0.25) is 4.79 Å². The van der Waals surface area contributed by atoms with Crippen molar-refractivity contribution in [3.05, 3.63) is 0 Å². The Kier molecular flexibility index (Phi) is 4.77. The van der Waals surface area contributed by atoms with E-state index < -0.39 is 5.60 Å². The maximum Gasteiger partial charge on any atom is 0.410 e. The van der Waals surface area contributed by atoms with Crippen LogP contribution in [0.15, 0.2) is 0 Å². The molecule has 3 aliphatic rings. The number of ether oxygens (including phenoxy) is 2. The van der Waals surface area contributed by atoms with Crippen LogP contribution in [0.3, 0.4) is 0 Å². The number of nitrogens with one attached hydrogen (secondary N) is 1. The van der Waals surface area contributed by atoms with Crippen LogP contribution >= 0.6 is 0 Å². The maximum absolute atomic E-state index is 12.7. The van der Waals surface area contributed by atoms with Gasteiger partial charge in [0.2, 0.25) is 0 Å². The van der Waals surface area contributed by atoms with E-state index in [4.69, 9.17) is 9.47 Å². The quantitative estimate of drug-likeness (QED) is 0.774. The van der Waals surface area contributed by atoms with Crippen LogP contribution in [-0.2, 0) is 14.3 Å². The van der Waals surface area contributed by atoms with Gasteiger partial charge in [0, 0.05) is 19.6 Å². The first-order valence-corrected chi connectivity index (χ1v) is 9.58. The SMILES string of the molecule is CCOC(=O)[C@@]12CCC3(CCN(C(=O)OC(C)(C)C)CC3)[C@@H]1CNC2. The minimum Gasteiger partial charge on any atom is -0.466 e. The lowest BCUT2D eigenvalue weighted by atomic mass is 9.66. The summed E-state index contributed by atoms with van der Waals surface area (Å²) in [5.74, 6) is 0.288. The number of hydrogen-bond acceptors (Lipinski definition) is 5. The van der Waals surface area contributed by atoms with Crippen LogP contribution < -0.4 is 5.32 Å². The number of nitrogens with zero attached hydrogens (tertiary/aromatic N) is 1. The van der Waals surface area contributed by atoms with Crippen LogP contribution in [0.25, 0.3) is 0 Å². The van der Waals surface area contributed by atoms with Gasteiger partial charge in [0.15, 0.2) is 0 Å². The molecule has 1 saturated carbocycles. The van der Waals surface area contributed by atoms with Gasteiger partial charge in [0.1, 0.15) is 5.60 Å². The van der Waals surface area contributed by atoms with Crippen molar-refractivity contribution in [1.29, 1.82) is 0 Å². The van der Waals surface area contributed by atoms with Crippen LogP contribution in [0.1, 0.15) is 53.4 Å². The summed E-state index contributed by atoms with van der Waals surface area (Å²) in [7, 11) is 0. The second-order valence-corrected chi connectivity index (χ2v) is 8.89. The number of esters is 1. The Bertz CT molecular complexity index is 534. The van der Waals surface area contributed by atoms with Gasteiger partial charge in [-0.1, -0.05) is 0 Å². The predicted molar refractivity (Wildman–Crippen MR) is 94.1 cm³/mol. The Morgan fingerprint density at radius 2 is 1.84 bits per heavy atom. The van der Waals surface area contributed by atoms with E-state index in [1.165, 1.54) is 0 Å². The third kappa shape index (κ3) is 3.25. The summed E-state index contributed by atoms with van der Waals surface area (Å²) in [6, 6.07) is 0. The monoisotopic (exact) mass is 352 g/mol. The second kappa shape index (κ2) is 6.45. The smallest absolute Gasteiger partial charge is 0.410 e. The first-order valence-electron chi connectivity index (χ1n) is 9.58. The van der Waals surface area contributed by atoms with E-state index in [0.29, 0.717) is 25.6 Å². The molecule has 25 heavy (non-hydrogen) atoms. The third-order valence-corrected chi connectivity index (χ3v) is 6.36. The van der Waals surface area contributed by atoms with Gasteiger partial charge in [-0.25, -0.2) is 4.79 Å². The lowest BCUT2D eigenvalue weighted by molar-refractivity contribution is -0.157. The van der Waals surface area contributed by atoms with Gasteiger partial charge >= 0.3 is 12.1 Å². The van der Waals surface area contributed by atoms with E-state index in [0.717, 1.165) is 38.8 Å². The molecule has 2 saturated heterocycles. The Labute approximate surface area is 150 Å². The molecule has 6 nitrogen and oxygen atoms in total.